The predicted octanol–water partition coefficient (Wildman–Crippen LogP) is 1.70. The Labute approximate surface area is 60.8 Å². The van der Waals surface area contributed by atoms with Crippen LogP contribution < -0.4 is 0 Å². The van der Waals surface area contributed by atoms with Gasteiger partial charge in [0, 0.05) is 1.33 Å². The maximum absolute atomic E-state index is 5.33. The number of hydrogen-bond donors (Lipinski definition) is 0. The van der Waals surface area contributed by atoms with Crippen LogP contribution in [-0.2, 0) is 0 Å². The van der Waals surface area contributed by atoms with E-state index in [1.54, 1.807) is 0 Å². The van der Waals surface area contributed by atoms with Crippen LogP contribution in [0.2, 0.25) is 0 Å². The van der Waals surface area contributed by atoms with Gasteiger partial charge in [0.2, 0.25) is 0 Å². The quantitative estimate of drug-likeness (QED) is 0.362. The van der Waals surface area contributed by atoms with E-state index < -0.39 is 0 Å². The van der Waals surface area contributed by atoms with Crippen LogP contribution in [0.25, 0.3) is 0 Å². The zero-order valence-corrected chi connectivity index (χ0v) is 7.15. The summed E-state index contributed by atoms with van der Waals surface area (Å²) in [6.07, 6.45) is 0. The molecule has 0 aromatic rings. The zero-order chi connectivity index (χ0) is 4.50. The van der Waals surface area contributed by atoms with Gasteiger partial charge in [0.05, 0.1) is 0 Å². The van der Waals surface area contributed by atoms with Gasteiger partial charge < -0.3 is 0 Å². The second kappa shape index (κ2) is 2.00. The van der Waals surface area contributed by atoms with Crippen molar-refractivity contribution >= 4 is 53.0 Å². The van der Waals surface area contributed by atoms with Crippen LogP contribution in [0.5, 0.6) is 0 Å². The van der Waals surface area contributed by atoms with E-state index in [1.165, 1.54) is 0 Å². The molecule has 0 N–H and O–H groups in total. The Morgan fingerprint density at radius 3 is 1.60 bits per heavy atom. The SMILES string of the molecule is [B]C(C)(I)I. The fourth-order valence-corrected chi connectivity index (χ4v) is 0. The highest BCUT2D eigenvalue weighted by Gasteiger charge is 2.01. The third-order valence-electron chi connectivity index (χ3n) is 0. The molecule has 0 aliphatic carbocycles. The van der Waals surface area contributed by atoms with E-state index in [0.29, 0.717) is 0 Å². The average molecular weight is 292 g/mol. The zero-order valence-electron chi connectivity index (χ0n) is 2.83. The van der Waals surface area contributed by atoms with Gasteiger partial charge in [-0.3, -0.25) is 0 Å². The monoisotopic (exact) mass is 292 g/mol. The van der Waals surface area contributed by atoms with Crippen LogP contribution in [0.3, 0.4) is 0 Å². The number of hydrogen-bond acceptors (Lipinski definition) is 0. The number of alkyl halides is 2. The van der Waals surface area contributed by atoms with Gasteiger partial charge in [0.25, 0.3) is 0 Å². The molecule has 0 saturated heterocycles. The molecule has 0 rings (SSSR count). The molecule has 0 aliphatic heterocycles. The van der Waals surface area contributed by atoms with Crippen molar-refractivity contribution in [2.75, 3.05) is 0 Å². The highest BCUT2D eigenvalue weighted by molar-refractivity contribution is 14.2. The summed E-state index contributed by atoms with van der Waals surface area (Å²) in [7, 11) is 5.33. The van der Waals surface area contributed by atoms with Crippen LogP contribution in [0.1, 0.15) is 6.92 Å². The van der Waals surface area contributed by atoms with Crippen LogP contribution in [-0.4, -0.2) is 9.17 Å². The molecule has 0 unspecified atom stereocenters. The van der Waals surface area contributed by atoms with E-state index in [-0.39, 0.29) is 1.33 Å². The van der Waals surface area contributed by atoms with Gasteiger partial charge in [-0.15, -0.1) is 0 Å². The molecule has 3 heteroatoms. The molecule has 0 fully saturated rings. The van der Waals surface area contributed by atoms with Gasteiger partial charge in [-0.2, -0.15) is 0 Å². The molecule has 2 radical (unpaired) electrons. The lowest BCUT2D eigenvalue weighted by molar-refractivity contribution is 1.42. The average Bonchev–Trinajstić information content (AvgIpc) is 0.722. The normalized spacial score (nSPS) is 11.8. The van der Waals surface area contributed by atoms with Crippen molar-refractivity contribution in [1.29, 1.82) is 0 Å². The molecular formula is C2H3BI2. The Balaban J connectivity index is 3.02. The summed E-state index contributed by atoms with van der Waals surface area (Å²) >= 11 is 4.28. The topological polar surface area (TPSA) is 0 Å². The van der Waals surface area contributed by atoms with Crippen molar-refractivity contribution in [2.45, 2.75) is 8.25 Å². The summed E-state index contributed by atoms with van der Waals surface area (Å²) in [4.78, 5) is 0. The molecule has 0 saturated carbocycles. The maximum Gasteiger partial charge on any atom is 0.103 e. The summed E-state index contributed by atoms with van der Waals surface area (Å²) in [5.74, 6) is 0. The van der Waals surface area contributed by atoms with Gasteiger partial charge in [-0.1, -0.05) is 45.2 Å². The fraction of sp³-hybridized carbons (Fsp3) is 1.00. The maximum atomic E-state index is 5.33. The molecule has 0 nitrogen and oxygen atoms in total. The second-order valence-corrected chi connectivity index (χ2v) is 7.50. The van der Waals surface area contributed by atoms with E-state index in [4.69, 9.17) is 7.85 Å². The minimum absolute atomic E-state index is 0.0600. The summed E-state index contributed by atoms with van der Waals surface area (Å²) in [6, 6.07) is 0. The minimum Gasteiger partial charge on any atom is -0.0786 e. The standard InChI is InChI=1S/C2H3BI2/c1-2(3,4)5/h1H3. The lowest BCUT2D eigenvalue weighted by Crippen LogP contribution is -1.99. The van der Waals surface area contributed by atoms with Crippen molar-refractivity contribution in [2.24, 2.45) is 0 Å². The van der Waals surface area contributed by atoms with Gasteiger partial charge in [0.15, 0.2) is 0 Å². The summed E-state index contributed by atoms with van der Waals surface area (Å²) < 4.78 is -0.0600. The van der Waals surface area contributed by atoms with E-state index in [0.717, 1.165) is 0 Å². The molecule has 0 spiro atoms. The number of halogens is 2. The van der Waals surface area contributed by atoms with Crippen LogP contribution in [0.15, 0.2) is 0 Å². The highest BCUT2D eigenvalue weighted by Crippen LogP contribution is 2.20. The molecule has 0 heterocycles. The number of rotatable bonds is 0. The minimum atomic E-state index is -0.0600. The molecule has 0 bridgehead atoms. The second-order valence-electron chi connectivity index (χ2n) is 0.956. The van der Waals surface area contributed by atoms with Crippen LogP contribution in [0.4, 0.5) is 0 Å². The largest absolute Gasteiger partial charge is 0.103 e. The first-order valence-corrected chi connectivity index (χ1v) is 3.32. The van der Waals surface area contributed by atoms with Gasteiger partial charge in [-0.05, 0) is 6.92 Å². The first-order chi connectivity index (χ1) is 2.00. The highest BCUT2D eigenvalue weighted by atomic mass is 127. The Morgan fingerprint density at radius 1 is 1.60 bits per heavy atom. The lowest BCUT2D eigenvalue weighted by Gasteiger charge is -2.00. The molecule has 0 aliphatic rings. The molecule has 0 amide bonds. The molecule has 0 aromatic heterocycles. The van der Waals surface area contributed by atoms with Crippen molar-refractivity contribution in [3.05, 3.63) is 0 Å². The molecular weight excluding hydrogens is 289 g/mol. The van der Waals surface area contributed by atoms with E-state index >= 15 is 0 Å². The summed E-state index contributed by atoms with van der Waals surface area (Å²) in [5.41, 5.74) is 0. The first-order valence-electron chi connectivity index (χ1n) is 1.17. The third-order valence-corrected chi connectivity index (χ3v) is 0. The lowest BCUT2D eigenvalue weighted by atomic mass is 10.1. The smallest absolute Gasteiger partial charge is 0.0786 e. The van der Waals surface area contributed by atoms with Crippen LogP contribution >= 0.6 is 45.2 Å². The Bertz CT molecular complexity index is 23.1. The van der Waals surface area contributed by atoms with E-state index in [2.05, 4.69) is 45.2 Å². The van der Waals surface area contributed by atoms with Gasteiger partial charge in [-0.25, -0.2) is 0 Å². The Kier molecular flexibility index (Phi) is 2.61. The third kappa shape index (κ3) is 29.5. The fourth-order valence-electron chi connectivity index (χ4n) is 0. The Hall–Kier alpha value is 1.52. The van der Waals surface area contributed by atoms with Crippen molar-refractivity contribution < 1.29 is 0 Å². The molecule has 0 atom stereocenters. The van der Waals surface area contributed by atoms with Crippen molar-refractivity contribution in [3.63, 3.8) is 0 Å². The Morgan fingerprint density at radius 2 is 1.60 bits per heavy atom. The van der Waals surface area contributed by atoms with Crippen molar-refractivity contribution in [1.82, 2.24) is 0 Å². The van der Waals surface area contributed by atoms with E-state index in [9.17, 15) is 0 Å². The van der Waals surface area contributed by atoms with E-state index in [1.807, 2.05) is 6.92 Å². The van der Waals surface area contributed by atoms with Gasteiger partial charge in [0.1, 0.15) is 7.85 Å². The molecule has 0 aromatic carbocycles. The first kappa shape index (κ1) is 6.52. The van der Waals surface area contributed by atoms with Crippen molar-refractivity contribution in [3.8, 4) is 0 Å². The summed E-state index contributed by atoms with van der Waals surface area (Å²) in [5, 5.41) is 0. The summed E-state index contributed by atoms with van der Waals surface area (Å²) in [6.45, 7) is 1.94. The predicted molar refractivity (Wildman–Crippen MR) is 42.2 cm³/mol. The van der Waals surface area contributed by atoms with Crippen LogP contribution in [0, 0.1) is 0 Å². The molecule has 28 valence electrons. The molecule has 5 heavy (non-hydrogen) atoms. The van der Waals surface area contributed by atoms with Gasteiger partial charge >= 0.3 is 0 Å².